The molecule has 1 atom stereocenters. The van der Waals surface area contributed by atoms with Crippen molar-refractivity contribution in [3.8, 4) is 0 Å². The number of epoxide rings is 1. The third kappa shape index (κ3) is 1.24. The Bertz CT molecular complexity index is 254. The van der Waals surface area contributed by atoms with E-state index in [1.807, 2.05) is 0 Å². The van der Waals surface area contributed by atoms with Gasteiger partial charge in [-0.1, -0.05) is 0 Å². The fraction of sp³-hybridized carbons (Fsp3) is 1.00. The Kier molecular flexibility index (Phi) is 1.67. The zero-order chi connectivity index (χ0) is 10.0. The van der Waals surface area contributed by atoms with Crippen molar-refractivity contribution < 1.29 is 9.84 Å². The van der Waals surface area contributed by atoms with Crippen molar-refractivity contribution in [3.63, 3.8) is 0 Å². The third-order valence-electron chi connectivity index (χ3n) is 5.51. The summed E-state index contributed by atoms with van der Waals surface area (Å²) in [5.41, 5.74) is -0.339. The van der Waals surface area contributed by atoms with Crippen molar-refractivity contribution in [1.29, 1.82) is 0 Å². The van der Waals surface area contributed by atoms with Gasteiger partial charge in [0, 0.05) is 6.42 Å². The first-order valence-corrected chi connectivity index (χ1v) is 6.58. The second kappa shape index (κ2) is 2.78. The lowest BCUT2D eigenvalue weighted by molar-refractivity contribution is -0.178. The summed E-state index contributed by atoms with van der Waals surface area (Å²) in [5, 5.41) is 10.9. The summed E-state index contributed by atoms with van der Waals surface area (Å²) in [7, 11) is 0. The summed E-state index contributed by atoms with van der Waals surface area (Å²) in [5.74, 6) is 3.12. The smallest absolute Gasteiger partial charge is 0.0837 e. The molecular formula is C13H20O2. The number of hydrogen-bond donors (Lipinski definition) is 1. The Morgan fingerprint density at radius 1 is 1.00 bits per heavy atom. The quantitative estimate of drug-likeness (QED) is 0.704. The molecule has 0 aromatic rings. The number of hydrogen-bond acceptors (Lipinski definition) is 2. The van der Waals surface area contributed by atoms with E-state index in [4.69, 9.17) is 4.74 Å². The van der Waals surface area contributed by atoms with Crippen LogP contribution in [0.25, 0.3) is 0 Å². The van der Waals surface area contributed by atoms with Crippen LogP contribution in [0, 0.1) is 23.7 Å². The van der Waals surface area contributed by atoms with Crippen LogP contribution in [-0.4, -0.2) is 23.4 Å². The van der Waals surface area contributed by atoms with Gasteiger partial charge in [0.2, 0.25) is 0 Å². The molecule has 4 saturated carbocycles. The number of aliphatic hydroxyl groups is 1. The Balaban J connectivity index is 1.62. The molecule has 1 N–H and O–H groups in total. The first-order chi connectivity index (χ1) is 7.24. The van der Waals surface area contributed by atoms with Crippen LogP contribution in [0.15, 0.2) is 0 Å². The van der Waals surface area contributed by atoms with E-state index in [-0.39, 0.29) is 5.60 Å². The molecule has 0 spiro atoms. The predicted molar refractivity (Wildman–Crippen MR) is 56.4 cm³/mol. The van der Waals surface area contributed by atoms with Crippen molar-refractivity contribution in [2.24, 2.45) is 23.7 Å². The van der Waals surface area contributed by atoms with Gasteiger partial charge in [0.25, 0.3) is 0 Å². The average molecular weight is 208 g/mol. The standard InChI is InChI=1S/C13H20O2/c14-13(6-12-7-15-12)10-2-8-1-9(4-10)5-11(13)3-8/h8-12,14H,1-7H2. The molecule has 1 heterocycles. The molecule has 0 amide bonds. The molecule has 2 heteroatoms. The lowest BCUT2D eigenvalue weighted by atomic mass is 9.49. The van der Waals surface area contributed by atoms with Crippen LogP contribution in [0.1, 0.15) is 38.5 Å². The van der Waals surface area contributed by atoms with E-state index in [1.54, 1.807) is 0 Å². The molecule has 1 aliphatic heterocycles. The van der Waals surface area contributed by atoms with Crippen molar-refractivity contribution >= 4 is 0 Å². The minimum atomic E-state index is -0.339. The minimum absolute atomic E-state index is 0.339. The molecule has 4 aliphatic carbocycles. The van der Waals surface area contributed by atoms with Crippen LogP contribution in [0.5, 0.6) is 0 Å². The van der Waals surface area contributed by atoms with Crippen LogP contribution < -0.4 is 0 Å². The van der Waals surface area contributed by atoms with E-state index >= 15 is 0 Å². The average Bonchev–Trinajstić information content (AvgIpc) is 2.97. The van der Waals surface area contributed by atoms with Crippen LogP contribution in [0.2, 0.25) is 0 Å². The first-order valence-electron chi connectivity index (χ1n) is 6.58. The Hall–Kier alpha value is -0.0800. The predicted octanol–water partition coefficient (Wildman–Crippen LogP) is 1.96. The SMILES string of the molecule is OC1(CC2CO2)C2CC3CC(C2)CC1C3. The monoisotopic (exact) mass is 208 g/mol. The van der Waals surface area contributed by atoms with E-state index in [0.29, 0.717) is 17.9 Å². The Labute approximate surface area is 91.0 Å². The maximum atomic E-state index is 10.9. The van der Waals surface area contributed by atoms with Crippen LogP contribution in [0.4, 0.5) is 0 Å². The largest absolute Gasteiger partial charge is 0.389 e. The van der Waals surface area contributed by atoms with Crippen LogP contribution in [-0.2, 0) is 4.74 Å². The van der Waals surface area contributed by atoms with Gasteiger partial charge in [0.15, 0.2) is 0 Å². The lowest BCUT2D eigenvalue weighted by Gasteiger charge is -2.59. The maximum absolute atomic E-state index is 10.9. The molecule has 4 bridgehead atoms. The summed E-state index contributed by atoms with van der Waals surface area (Å²) in [4.78, 5) is 0. The van der Waals surface area contributed by atoms with Gasteiger partial charge in [-0.2, -0.15) is 0 Å². The van der Waals surface area contributed by atoms with Gasteiger partial charge in [-0.25, -0.2) is 0 Å². The van der Waals surface area contributed by atoms with Gasteiger partial charge in [-0.3, -0.25) is 0 Å². The highest BCUT2D eigenvalue weighted by molar-refractivity contribution is 5.08. The fourth-order valence-corrected chi connectivity index (χ4v) is 4.88. The molecule has 0 aromatic carbocycles. The number of ether oxygens (including phenoxy) is 1. The van der Waals surface area contributed by atoms with E-state index in [2.05, 4.69) is 0 Å². The van der Waals surface area contributed by atoms with E-state index in [1.165, 1.54) is 32.1 Å². The van der Waals surface area contributed by atoms with E-state index < -0.39 is 0 Å². The molecular weight excluding hydrogens is 188 g/mol. The molecule has 15 heavy (non-hydrogen) atoms. The maximum Gasteiger partial charge on any atom is 0.0837 e. The fourth-order valence-electron chi connectivity index (χ4n) is 4.88. The van der Waals surface area contributed by atoms with Crippen LogP contribution >= 0.6 is 0 Å². The van der Waals surface area contributed by atoms with Crippen molar-refractivity contribution in [3.05, 3.63) is 0 Å². The summed E-state index contributed by atoms with van der Waals surface area (Å²) in [6.45, 7) is 0.897. The van der Waals surface area contributed by atoms with Gasteiger partial charge < -0.3 is 9.84 Å². The molecule has 2 nitrogen and oxygen atoms in total. The van der Waals surface area contributed by atoms with E-state index in [9.17, 15) is 5.11 Å². The Morgan fingerprint density at radius 2 is 1.53 bits per heavy atom. The summed E-state index contributed by atoms with van der Waals surface area (Å²) >= 11 is 0. The topological polar surface area (TPSA) is 32.8 Å². The second-order valence-electron chi connectivity index (χ2n) is 6.46. The first kappa shape index (κ1) is 9.00. The molecule has 5 rings (SSSR count). The van der Waals surface area contributed by atoms with Crippen molar-refractivity contribution in [2.75, 3.05) is 6.61 Å². The van der Waals surface area contributed by atoms with Crippen molar-refractivity contribution in [2.45, 2.75) is 50.2 Å². The summed E-state index contributed by atoms with van der Waals surface area (Å²) < 4.78 is 5.32. The summed E-state index contributed by atoms with van der Waals surface area (Å²) in [6.07, 6.45) is 8.00. The highest BCUT2D eigenvalue weighted by Gasteiger charge is 2.57. The normalized spacial score (nSPS) is 61.0. The third-order valence-corrected chi connectivity index (χ3v) is 5.51. The van der Waals surface area contributed by atoms with Gasteiger partial charge in [-0.15, -0.1) is 0 Å². The van der Waals surface area contributed by atoms with Gasteiger partial charge >= 0.3 is 0 Å². The lowest BCUT2D eigenvalue weighted by Crippen LogP contribution is -2.58. The van der Waals surface area contributed by atoms with Crippen molar-refractivity contribution in [1.82, 2.24) is 0 Å². The molecule has 0 aromatic heterocycles. The van der Waals surface area contributed by atoms with Crippen LogP contribution in [0.3, 0.4) is 0 Å². The second-order valence-corrected chi connectivity index (χ2v) is 6.46. The molecule has 5 fully saturated rings. The number of rotatable bonds is 2. The molecule has 5 aliphatic rings. The van der Waals surface area contributed by atoms with E-state index in [0.717, 1.165) is 24.9 Å². The van der Waals surface area contributed by atoms with Gasteiger partial charge in [0.1, 0.15) is 0 Å². The molecule has 84 valence electrons. The molecule has 1 unspecified atom stereocenters. The highest BCUT2D eigenvalue weighted by atomic mass is 16.6. The molecule has 0 radical (unpaired) electrons. The highest BCUT2D eigenvalue weighted by Crippen LogP contribution is 2.59. The van der Waals surface area contributed by atoms with Gasteiger partial charge in [0.05, 0.1) is 18.3 Å². The summed E-state index contributed by atoms with van der Waals surface area (Å²) in [6, 6.07) is 0. The molecule has 1 saturated heterocycles. The zero-order valence-corrected chi connectivity index (χ0v) is 9.19. The minimum Gasteiger partial charge on any atom is -0.389 e. The Morgan fingerprint density at radius 3 is 2.00 bits per heavy atom. The van der Waals surface area contributed by atoms with Gasteiger partial charge in [-0.05, 0) is 55.8 Å². The zero-order valence-electron chi connectivity index (χ0n) is 9.19.